The number of piperidine rings is 1. The molecule has 1 aromatic carbocycles. The molecule has 2 saturated heterocycles. The van der Waals surface area contributed by atoms with E-state index in [4.69, 9.17) is 0 Å². The van der Waals surface area contributed by atoms with Crippen LogP contribution in [0.4, 0.5) is 4.39 Å². The Morgan fingerprint density at radius 2 is 2.00 bits per heavy atom. The van der Waals surface area contributed by atoms with Crippen LogP contribution in [0.15, 0.2) is 36.9 Å². The van der Waals surface area contributed by atoms with Gasteiger partial charge >= 0.3 is 0 Å². The molecule has 0 spiro atoms. The van der Waals surface area contributed by atoms with Crippen molar-refractivity contribution in [2.24, 2.45) is 5.92 Å². The van der Waals surface area contributed by atoms with Crippen molar-refractivity contribution >= 4 is 11.8 Å². The lowest BCUT2D eigenvalue weighted by Gasteiger charge is -2.33. The van der Waals surface area contributed by atoms with Crippen molar-refractivity contribution < 1.29 is 19.1 Å². The van der Waals surface area contributed by atoms with Crippen LogP contribution in [0.25, 0.3) is 0 Å². The number of amides is 2. The van der Waals surface area contributed by atoms with E-state index in [0.717, 1.165) is 5.56 Å². The van der Waals surface area contributed by atoms with Gasteiger partial charge in [-0.1, -0.05) is 18.7 Å². The van der Waals surface area contributed by atoms with Gasteiger partial charge in [0.1, 0.15) is 5.82 Å². The van der Waals surface area contributed by atoms with Gasteiger partial charge in [-0.25, -0.2) is 4.39 Å². The Morgan fingerprint density at radius 1 is 1.27 bits per heavy atom. The van der Waals surface area contributed by atoms with Crippen molar-refractivity contribution in [1.82, 2.24) is 9.80 Å². The fourth-order valence-corrected chi connectivity index (χ4v) is 3.95. The lowest BCUT2D eigenvalue weighted by molar-refractivity contribution is -0.139. The van der Waals surface area contributed by atoms with Gasteiger partial charge in [-0.05, 0) is 43.0 Å². The number of rotatable bonds is 4. The van der Waals surface area contributed by atoms with E-state index in [1.165, 1.54) is 18.2 Å². The van der Waals surface area contributed by atoms with Crippen molar-refractivity contribution in [3.8, 4) is 0 Å². The molecule has 140 valence electrons. The van der Waals surface area contributed by atoms with Crippen LogP contribution in [0.2, 0.25) is 0 Å². The van der Waals surface area contributed by atoms with Gasteiger partial charge in [-0.15, -0.1) is 0 Å². The number of hydrogen-bond acceptors (Lipinski definition) is 3. The highest BCUT2D eigenvalue weighted by Crippen LogP contribution is 2.29. The summed E-state index contributed by atoms with van der Waals surface area (Å²) in [6.07, 6.45) is 3.40. The monoisotopic (exact) mass is 360 g/mol. The van der Waals surface area contributed by atoms with Gasteiger partial charge in [-0.3, -0.25) is 9.59 Å². The second kappa shape index (κ2) is 7.58. The molecular formula is C20H25FN2O3. The first-order valence-corrected chi connectivity index (χ1v) is 9.07. The maximum Gasteiger partial charge on any atom is 0.245 e. The highest BCUT2D eigenvalue weighted by Gasteiger charge is 2.40. The smallest absolute Gasteiger partial charge is 0.245 e. The van der Waals surface area contributed by atoms with Gasteiger partial charge in [0, 0.05) is 38.5 Å². The Morgan fingerprint density at radius 3 is 2.65 bits per heavy atom. The summed E-state index contributed by atoms with van der Waals surface area (Å²) in [5.41, 5.74) is -0.277. The summed E-state index contributed by atoms with van der Waals surface area (Å²) in [5, 5.41) is 10.8. The third kappa shape index (κ3) is 4.12. The van der Waals surface area contributed by atoms with Crippen LogP contribution in [0.3, 0.4) is 0 Å². The molecular weight excluding hydrogens is 335 g/mol. The number of halogens is 1. The molecule has 1 N–H and O–H groups in total. The molecule has 6 heteroatoms. The zero-order valence-electron chi connectivity index (χ0n) is 14.9. The van der Waals surface area contributed by atoms with Crippen LogP contribution in [0.1, 0.15) is 24.8 Å². The molecule has 0 aromatic heterocycles. The maximum absolute atomic E-state index is 13.3. The van der Waals surface area contributed by atoms with Crippen molar-refractivity contribution in [2.75, 3.05) is 26.2 Å². The summed E-state index contributed by atoms with van der Waals surface area (Å²) in [7, 11) is 0. The normalized spacial score (nSPS) is 23.9. The fourth-order valence-electron chi connectivity index (χ4n) is 3.95. The number of nitrogens with zero attached hydrogens (tertiary/aromatic N) is 2. The number of carbonyl (C=O) groups excluding carboxylic acids is 2. The lowest BCUT2D eigenvalue weighted by atomic mass is 9.93. The van der Waals surface area contributed by atoms with Crippen LogP contribution in [-0.2, 0) is 16.0 Å². The minimum atomic E-state index is -1.01. The molecule has 5 nitrogen and oxygen atoms in total. The summed E-state index contributed by atoms with van der Waals surface area (Å²) in [6.45, 7) is 5.39. The van der Waals surface area contributed by atoms with Crippen LogP contribution < -0.4 is 0 Å². The van der Waals surface area contributed by atoms with Crippen LogP contribution in [-0.4, -0.2) is 58.5 Å². The number of aliphatic hydroxyl groups is 1. The largest absolute Gasteiger partial charge is 0.388 e. The molecule has 0 aliphatic carbocycles. The molecule has 1 atom stereocenters. The predicted octanol–water partition coefficient (Wildman–Crippen LogP) is 1.76. The highest BCUT2D eigenvalue weighted by atomic mass is 19.1. The second-order valence-corrected chi connectivity index (χ2v) is 7.34. The van der Waals surface area contributed by atoms with Gasteiger partial charge in [0.25, 0.3) is 0 Å². The van der Waals surface area contributed by atoms with E-state index in [2.05, 4.69) is 6.58 Å². The molecule has 1 unspecified atom stereocenters. The first-order chi connectivity index (χ1) is 12.4. The Balaban J connectivity index is 1.55. The van der Waals surface area contributed by atoms with E-state index in [1.807, 2.05) is 0 Å². The molecule has 2 amide bonds. The van der Waals surface area contributed by atoms with Crippen molar-refractivity contribution in [3.05, 3.63) is 48.3 Å². The van der Waals surface area contributed by atoms with Crippen molar-refractivity contribution in [3.63, 3.8) is 0 Å². The van der Waals surface area contributed by atoms with Gasteiger partial charge in [0.05, 0.1) is 5.60 Å². The molecule has 26 heavy (non-hydrogen) atoms. The summed E-state index contributed by atoms with van der Waals surface area (Å²) < 4.78 is 13.3. The first kappa shape index (κ1) is 18.6. The minimum Gasteiger partial charge on any atom is -0.388 e. The number of hydrogen-bond donors (Lipinski definition) is 1. The van der Waals surface area contributed by atoms with E-state index in [1.54, 1.807) is 21.9 Å². The highest BCUT2D eigenvalue weighted by molar-refractivity contribution is 5.87. The Labute approximate surface area is 153 Å². The Kier molecular flexibility index (Phi) is 5.41. The van der Waals surface area contributed by atoms with E-state index in [9.17, 15) is 19.1 Å². The third-order valence-corrected chi connectivity index (χ3v) is 5.40. The Hall–Kier alpha value is -2.21. The van der Waals surface area contributed by atoms with Gasteiger partial charge in [0.2, 0.25) is 11.8 Å². The molecule has 2 aliphatic heterocycles. The SMILES string of the molecule is C=CC(=O)N1CCC(C(=O)N2CCC(O)(Cc3cccc(F)c3)C2)CC1. The number of carbonyl (C=O) groups is 2. The number of benzene rings is 1. The summed E-state index contributed by atoms with van der Waals surface area (Å²) in [5.74, 6) is -0.481. The Bertz CT molecular complexity index is 700. The predicted molar refractivity (Wildman–Crippen MR) is 95.8 cm³/mol. The minimum absolute atomic E-state index is 0.0471. The zero-order valence-corrected chi connectivity index (χ0v) is 14.9. The average molecular weight is 360 g/mol. The van der Waals surface area contributed by atoms with Crippen LogP contribution in [0.5, 0.6) is 0 Å². The zero-order chi connectivity index (χ0) is 18.7. The van der Waals surface area contributed by atoms with E-state index >= 15 is 0 Å². The molecule has 2 fully saturated rings. The molecule has 2 heterocycles. The summed E-state index contributed by atoms with van der Waals surface area (Å²) >= 11 is 0. The van der Waals surface area contributed by atoms with Crippen LogP contribution in [0, 0.1) is 11.7 Å². The average Bonchev–Trinajstić information content (AvgIpc) is 3.02. The lowest BCUT2D eigenvalue weighted by Crippen LogP contribution is -2.45. The summed E-state index contributed by atoms with van der Waals surface area (Å²) in [4.78, 5) is 27.8. The van der Waals surface area contributed by atoms with Gasteiger partial charge < -0.3 is 14.9 Å². The molecule has 0 bridgehead atoms. The van der Waals surface area contributed by atoms with E-state index in [-0.39, 0.29) is 30.1 Å². The quantitative estimate of drug-likeness (QED) is 0.833. The molecule has 0 radical (unpaired) electrons. The second-order valence-electron chi connectivity index (χ2n) is 7.34. The van der Waals surface area contributed by atoms with Crippen LogP contribution >= 0.6 is 0 Å². The fraction of sp³-hybridized carbons (Fsp3) is 0.500. The molecule has 3 rings (SSSR count). The van der Waals surface area contributed by atoms with E-state index in [0.29, 0.717) is 45.3 Å². The molecule has 2 aliphatic rings. The maximum atomic E-state index is 13.3. The van der Waals surface area contributed by atoms with Gasteiger partial charge in [0.15, 0.2) is 0 Å². The number of likely N-dealkylation sites (tertiary alicyclic amines) is 2. The molecule has 1 aromatic rings. The molecule has 0 saturated carbocycles. The third-order valence-electron chi connectivity index (χ3n) is 5.40. The first-order valence-electron chi connectivity index (χ1n) is 9.07. The topological polar surface area (TPSA) is 60.9 Å². The summed E-state index contributed by atoms with van der Waals surface area (Å²) in [6, 6.07) is 6.22. The standard InChI is InChI=1S/C20H25FN2O3/c1-2-18(24)22-9-6-16(7-10-22)19(25)23-11-8-20(26,14-23)13-15-4-3-5-17(21)12-15/h2-5,12,16,26H,1,6-11,13-14H2. The van der Waals surface area contributed by atoms with Crippen molar-refractivity contribution in [2.45, 2.75) is 31.3 Å². The van der Waals surface area contributed by atoms with E-state index < -0.39 is 5.60 Å². The number of β-amino-alcohol motifs (C(OH)–C–C–N with tert-alkyl or cyclic N) is 1. The van der Waals surface area contributed by atoms with Gasteiger partial charge in [-0.2, -0.15) is 0 Å². The van der Waals surface area contributed by atoms with Crippen molar-refractivity contribution in [1.29, 1.82) is 0 Å².